The van der Waals surface area contributed by atoms with Crippen LogP contribution in [0.2, 0.25) is 0 Å². The summed E-state index contributed by atoms with van der Waals surface area (Å²) in [6, 6.07) is 3.57. The predicted molar refractivity (Wildman–Crippen MR) is 101 cm³/mol. The van der Waals surface area contributed by atoms with Crippen LogP contribution in [0.15, 0.2) is 12.1 Å². The van der Waals surface area contributed by atoms with Crippen LogP contribution in [-0.2, 0) is 0 Å². The van der Waals surface area contributed by atoms with E-state index in [1.54, 1.807) is 14.2 Å². The second-order valence-electron chi connectivity index (χ2n) is 7.07. The molecule has 0 aliphatic carbocycles. The lowest BCUT2D eigenvalue weighted by atomic mass is 9.98. The number of benzene rings is 1. The number of nitrogens with one attached hydrogen (secondary N) is 1. The van der Waals surface area contributed by atoms with Gasteiger partial charge in [-0.3, -0.25) is 4.90 Å². The average Bonchev–Trinajstić information content (AvgIpc) is 2.63. The van der Waals surface area contributed by atoms with Gasteiger partial charge >= 0.3 is 6.03 Å². The zero-order chi connectivity index (χ0) is 18.6. The molecule has 1 fully saturated rings. The van der Waals surface area contributed by atoms with Gasteiger partial charge in [-0.1, -0.05) is 6.92 Å². The molecule has 6 heteroatoms. The monoisotopic (exact) mass is 349 g/mol. The third-order valence-corrected chi connectivity index (χ3v) is 5.32. The molecule has 0 atom stereocenters. The molecule has 1 N–H and O–H groups in total. The Hall–Kier alpha value is -1.95. The molecule has 1 aliphatic heterocycles. The number of ether oxygens (including phenoxy) is 2. The van der Waals surface area contributed by atoms with Gasteiger partial charge in [-0.25, -0.2) is 4.79 Å². The van der Waals surface area contributed by atoms with Crippen LogP contribution in [0.25, 0.3) is 0 Å². The molecule has 25 heavy (non-hydrogen) atoms. The van der Waals surface area contributed by atoms with E-state index in [4.69, 9.17) is 9.47 Å². The van der Waals surface area contributed by atoms with Crippen molar-refractivity contribution < 1.29 is 14.3 Å². The fourth-order valence-corrected chi connectivity index (χ4v) is 3.05. The summed E-state index contributed by atoms with van der Waals surface area (Å²) in [7, 11) is 3.21. The third kappa shape index (κ3) is 4.37. The van der Waals surface area contributed by atoms with Crippen molar-refractivity contribution in [2.24, 2.45) is 0 Å². The molecule has 0 spiro atoms. The van der Waals surface area contributed by atoms with Crippen molar-refractivity contribution in [3.63, 3.8) is 0 Å². The van der Waals surface area contributed by atoms with E-state index >= 15 is 0 Å². The zero-order valence-corrected chi connectivity index (χ0v) is 16.3. The lowest BCUT2D eigenvalue weighted by Crippen LogP contribution is -2.56. The molecular weight excluding hydrogens is 318 g/mol. The van der Waals surface area contributed by atoms with Crippen LogP contribution in [0.1, 0.15) is 32.8 Å². The normalized spacial score (nSPS) is 15.8. The van der Waals surface area contributed by atoms with Crippen LogP contribution in [-0.4, -0.2) is 61.8 Å². The predicted octanol–water partition coefficient (Wildman–Crippen LogP) is 3.35. The number of piperazine rings is 1. The molecule has 6 nitrogen and oxygen atoms in total. The number of anilines is 1. The summed E-state index contributed by atoms with van der Waals surface area (Å²) in [5.41, 5.74) is 1.79. The molecule has 2 rings (SSSR count). The van der Waals surface area contributed by atoms with Gasteiger partial charge in [0.2, 0.25) is 0 Å². The minimum absolute atomic E-state index is 0.0765. The van der Waals surface area contributed by atoms with Gasteiger partial charge in [0.05, 0.1) is 19.9 Å². The van der Waals surface area contributed by atoms with Crippen molar-refractivity contribution >= 4 is 11.7 Å². The number of hydrogen-bond acceptors (Lipinski definition) is 4. The van der Waals surface area contributed by atoms with E-state index in [9.17, 15) is 4.79 Å². The maximum Gasteiger partial charge on any atom is 0.321 e. The van der Waals surface area contributed by atoms with Crippen LogP contribution in [0.3, 0.4) is 0 Å². The van der Waals surface area contributed by atoms with E-state index in [-0.39, 0.29) is 11.6 Å². The maximum absolute atomic E-state index is 12.7. The summed E-state index contributed by atoms with van der Waals surface area (Å²) in [5, 5.41) is 3.01. The highest BCUT2D eigenvalue weighted by Gasteiger charge is 2.30. The fraction of sp³-hybridized carbons (Fsp3) is 0.632. The molecule has 1 saturated heterocycles. The summed E-state index contributed by atoms with van der Waals surface area (Å²) in [6.45, 7) is 11.9. The van der Waals surface area contributed by atoms with Crippen molar-refractivity contribution in [1.82, 2.24) is 9.80 Å². The summed E-state index contributed by atoms with van der Waals surface area (Å²) in [4.78, 5) is 17.0. The number of urea groups is 1. The molecule has 1 heterocycles. The lowest BCUT2D eigenvalue weighted by Gasteiger charge is -2.43. The highest BCUT2D eigenvalue weighted by molar-refractivity contribution is 5.91. The first-order valence-electron chi connectivity index (χ1n) is 8.86. The average molecular weight is 349 g/mol. The minimum atomic E-state index is -0.0765. The van der Waals surface area contributed by atoms with E-state index in [0.29, 0.717) is 11.5 Å². The highest BCUT2D eigenvalue weighted by atomic mass is 16.5. The maximum atomic E-state index is 12.7. The van der Waals surface area contributed by atoms with Gasteiger partial charge in [0.25, 0.3) is 0 Å². The Balaban J connectivity index is 2.04. The molecule has 1 aromatic rings. The van der Waals surface area contributed by atoms with E-state index in [1.165, 1.54) is 0 Å². The smallest absolute Gasteiger partial charge is 0.321 e. The standard InChI is InChI=1S/C19H31N3O3/c1-7-19(3,4)22-10-8-21(9-11-22)18(23)20-16-12-15(24-5)13-17(25-6)14(16)2/h12-13H,7-11H2,1-6H3,(H,20,23). The quantitative estimate of drug-likeness (QED) is 0.886. The topological polar surface area (TPSA) is 54.0 Å². The van der Waals surface area contributed by atoms with Gasteiger partial charge in [-0.2, -0.15) is 0 Å². The Morgan fingerprint density at radius 2 is 1.80 bits per heavy atom. The van der Waals surface area contributed by atoms with Crippen LogP contribution < -0.4 is 14.8 Å². The Bertz CT molecular complexity index is 608. The van der Waals surface area contributed by atoms with Gasteiger partial charge in [-0.15, -0.1) is 0 Å². The van der Waals surface area contributed by atoms with Crippen molar-refractivity contribution in [2.75, 3.05) is 45.7 Å². The number of hydrogen-bond donors (Lipinski definition) is 1. The zero-order valence-electron chi connectivity index (χ0n) is 16.3. The molecular formula is C19H31N3O3. The lowest BCUT2D eigenvalue weighted by molar-refractivity contribution is 0.0640. The van der Waals surface area contributed by atoms with Crippen LogP contribution >= 0.6 is 0 Å². The van der Waals surface area contributed by atoms with E-state index < -0.39 is 0 Å². The van der Waals surface area contributed by atoms with Crippen LogP contribution in [0.5, 0.6) is 11.5 Å². The highest BCUT2D eigenvalue weighted by Crippen LogP contribution is 2.31. The first-order chi connectivity index (χ1) is 11.8. The number of amides is 2. The molecule has 1 aromatic carbocycles. The third-order valence-electron chi connectivity index (χ3n) is 5.32. The Labute approximate surface area is 151 Å². The van der Waals surface area contributed by atoms with Crippen LogP contribution in [0.4, 0.5) is 10.5 Å². The summed E-state index contributed by atoms with van der Waals surface area (Å²) in [5.74, 6) is 1.36. The number of nitrogens with zero attached hydrogens (tertiary/aromatic N) is 2. The van der Waals surface area contributed by atoms with Crippen molar-refractivity contribution in [2.45, 2.75) is 39.7 Å². The van der Waals surface area contributed by atoms with Gasteiger partial charge in [0.1, 0.15) is 11.5 Å². The Kier molecular flexibility index (Phi) is 6.16. The Morgan fingerprint density at radius 3 is 2.32 bits per heavy atom. The van der Waals surface area contributed by atoms with Crippen molar-refractivity contribution in [1.29, 1.82) is 0 Å². The van der Waals surface area contributed by atoms with Crippen molar-refractivity contribution in [3.8, 4) is 11.5 Å². The van der Waals surface area contributed by atoms with Gasteiger partial charge in [-0.05, 0) is 27.2 Å². The van der Waals surface area contributed by atoms with Gasteiger partial charge < -0.3 is 19.7 Å². The Morgan fingerprint density at radius 1 is 1.16 bits per heavy atom. The molecule has 0 unspecified atom stereocenters. The van der Waals surface area contributed by atoms with E-state index in [2.05, 4.69) is 31.0 Å². The van der Waals surface area contributed by atoms with Crippen LogP contribution in [0, 0.1) is 6.92 Å². The first kappa shape index (κ1) is 19.4. The molecule has 0 bridgehead atoms. The molecule has 2 amide bonds. The summed E-state index contributed by atoms with van der Waals surface area (Å²) >= 11 is 0. The second-order valence-corrected chi connectivity index (χ2v) is 7.07. The summed E-state index contributed by atoms with van der Waals surface area (Å²) in [6.07, 6.45) is 1.10. The molecule has 0 radical (unpaired) electrons. The second kappa shape index (κ2) is 7.95. The van der Waals surface area contributed by atoms with Gasteiger partial charge in [0.15, 0.2) is 0 Å². The molecule has 0 saturated carbocycles. The van der Waals surface area contributed by atoms with Gasteiger partial charge in [0, 0.05) is 49.4 Å². The molecule has 1 aliphatic rings. The number of carbonyl (C=O) groups excluding carboxylic acids is 1. The fourth-order valence-electron chi connectivity index (χ4n) is 3.05. The number of methoxy groups -OCH3 is 2. The molecule has 140 valence electrons. The van der Waals surface area contributed by atoms with E-state index in [0.717, 1.165) is 43.9 Å². The SMILES string of the molecule is CCC(C)(C)N1CCN(C(=O)Nc2cc(OC)cc(OC)c2C)CC1. The largest absolute Gasteiger partial charge is 0.497 e. The number of carbonyl (C=O) groups is 1. The minimum Gasteiger partial charge on any atom is -0.497 e. The first-order valence-corrected chi connectivity index (χ1v) is 8.86. The van der Waals surface area contributed by atoms with E-state index in [1.807, 2.05) is 24.0 Å². The molecule has 0 aromatic heterocycles. The summed E-state index contributed by atoms with van der Waals surface area (Å²) < 4.78 is 10.7. The van der Waals surface area contributed by atoms with Crippen molar-refractivity contribution in [3.05, 3.63) is 17.7 Å². The number of rotatable bonds is 5.